The van der Waals surface area contributed by atoms with Crippen molar-refractivity contribution in [3.8, 4) is 11.3 Å². The van der Waals surface area contributed by atoms with Crippen LogP contribution >= 0.6 is 0 Å². The molecule has 0 unspecified atom stereocenters. The fourth-order valence-electron chi connectivity index (χ4n) is 2.87. The highest BCUT2D eigenvalue weighted by atomic mass is 15.0. The summed E-state index contributed by atoms with van der Waals surface area (Å²) in [5.74, 6) is 2.55. The van der Waals surface area contributed by atoms with Gasteiger partial charge in [-0.25, -0.2) is 9.97 Å². The molecule has 2 aromatic rings. The van der Waals surface area contributed by atoms with Crippen molar-refractivity contribution >= 4 is 5.82 Å². The quantitative estimate of drug-likeness (QED) is 0.882. The number of anilines is 1. The molecule has 1 heterocycles. The Balaban J connectivity index is 2.05. The molecule has 3 rings (SSSR count). The van der Waals surface area contributed by atoms with Crippen molar-refractivity contribution in [1.82, 2.24) is 9.97 Å². The van der Waals surface area contributed by atoms with E-state index in [1.807, 2.05) is 0 Å². The molecular weight excluding hydrogens is 258 g/mol. The van der Waals surface area contributed by atoms with E-state index in [4.69, 9.17) is 4.98 Å². The van der Waals surface area contributed by atoms with Gasteiger partial charge in [0.15, 0.2) is 0 Å². The second kappa shape index (κ2) is 6.25. The molecule has 1 aliphatic rings. The molecule has 1 aromatic heterocycles. The third kappa shape index (κ3) is 2.92. The zero-order valence-corrected chi connectivity index (χ0v) is 12.9. The molecule has 1 N–H and O–H groups in total. The molecule has 21 heavy (non-hydrogen) atoms. The van der Waals surface area contributed by atoms with Crippen molar-refractivity contribution in [2.24, 2.45) is 0 Å². The number of hydrogen-bond donors (Lipinski definition) is 1. The molecule has 0 spiro atoms. The Labute approximate surface area is 126 Å². The van der Waals surface area contributed by atoms with Crippen LogP contribution in [-0.2, 0) is 6.42 Å². The predicted octanol–water partition coefficient (Wildman–Crippen LogP) is 4.41. The molecule has 3 heteroatoms. The van der Waals surface area contributed by atoms with Gasteiger partial charge in [0, 0.05) is 24.6 Å². The van der Waals surface area contributed by atoms with E-state index in [0.717, 1.165) is 30.3 Å². The lowest BCUT2D eigenvalue weighted by molar-refractivity contribution is 0.420. The Hall–Kier alpha value is -1.90. The molecule has 1 aromatic carbocycles. The van der Waals surface area contributed by atoms with Gasteiger partial charge in [0.2, 0.25) is 0 Å². The van der Waals surface area contributed by atoms with E-state index in [2.05, 4.69) is 54.5 Å². The lowest BCUT2D eigenvalue weighted by Crippen LogP contribution is -2.11. The van der Waals surface area contributed by atoms with Crippen LogP contribution in [0.25, 0.3) is 11.3 Å². The van der Waals surface area contributed by atoms with Gasteiger partial charge in [-0.3, -0.25) is 0 Å². The highest BCUT2D eigenvalue weighted by Crippen LogP contribution is 2.40. The summed E-state index contributed by atoms with van der Waals surface area (Å²) in [7, 11) is 0. The van der Waals surface area contributed by atoms with Crippen LogP contribution in [0.2, 0.25) is 0 Å². The first-order chi connectivity index (χ1) is 10.3. The van der Waals surface area contributed by atoms with Gasteiger partial charge in [-0.1, -0.05) is 37.6 Å². The molecule has 110 valence electrons. The van der Waals surface area contributed by atoms with E-state index < -0.39 is 0 Å². The van der Waals surface area contributed by atoms with Gasteiger partial charge < -0.3 is 5.32 Å². The molecule has 1 aliphatic carbocycles. The largest absolute Gasteiger partial charge is 0.370 e. The highest BCUT2D eigenvalue weighted by molar-refractivity contribution is 5.67. The van der Waals surface area contributed by atoms with Crippen LogP contribution < -0.4 is 5.32 Å². The number of hydrogen-bond acceptors (Lipinski definition) is 3. The summed E-state index contributed by atoms with van der Waals surface area (Å²) in [6.45, 7) is 5.08. The maximum absolute atomic E-state index is 4.75. The molecular formula is C18H23N3. The van der Waals surface area contributed by atoms with Gasteiger partial charge in [0.05, 0.1) is 5.69 Å². The topological polar surface area (TPSA) is 37.8 Å². The number of rotatable bonds is 5. The van der Waals surface area contributed by atoms with Crippen molar-refractivity contribution in [3.63, 3.8) is 0 Å². The molecule has 0 atom stereocenters. The van der Waals surface area contributed by atoms with Crippen LogP contribution in [0.5, 0.6) is 0 Å². The molecule has 0 radical (unpaired) electrons. The first kappa shape index (κ1) is 14.1. The summed E-state index contributed by atoms with van der Waals surface area (Å²) >= 11 is 0. The Kier molecular flexibility index (Phi) is 4.18. The summed E-state index contributed by atoms with van der Waals surface area (Å²) in [6, 6.07) is 10.8. The standard InChI is InChI=1S/C18H23N3/c1-3-17-20-16(12-18(21-17)19-4-2)15-11-6-5-10-14(15)13-8-7-9-13/h5-6,10-13H,3-4,7-9H2,1-2H3,(H,19,20,21). The highest BCUT2D eigenvalue weighted by Gasteiger charge is 2.23. The molecule has 1 fully saturated rings. The van der Waals surface area contributed by atoms with Crippen molar-refractivity contribution in [3.05, 3.63) is 41.7 Å². The van der Waals surface area contributed by atoms with E-state index in [9.17, 15) is 0 Å². The summed E-state index contributed by atoms with van der Waals surface area (Å²) in [5.41, 5.74) is 3.78. The minimum absolute atomic E-state index is 0.712. The summed E-state index contributed by atoms with van der Waals surface area (Å²) in [4.78, 5) is 9.31. The average Bonchev–Trinajstić information content (AvgIpc) is 2.46. The lowest BCUT2D eigenvalue weighted by Gasteiger charge is -2.27. The SMILES string of the molecule is CCNc1cc(-c2ccccc2C2CCC2)nc(CC)n1. The monoisotopic (exact) mass is 281 g/mol. The fraction of sp³-hybridized carbons (Fsp3) is 0.444. The first-order valence-electron chi connectivity index (χ1n) is 8.03. The minimum Gasteiger partial charge on any atom is -0.370 e. The summed E-state index contributed by atoms with van der Waals surface area (Å²) < 4.78 is 0. The van der Waals surface area contributed by atoms with Crippen LogP contribution in [0.4, 0.5) is 5.82 Å². The second-order valence-electron chi connectivity index (χ2n) is 5.65. The van der Waals surface area contributed by atoms with Gasteiger partial charge in [0.1, 0.15) is 11.6 Å². The first-order valence-corrected chi connectivity index (χ1v) is 8.03. The van der Waals surface area contributed by atoms with Crippen molar-refractivity contribution in [2.75, 3.05) is 11.9 Å². The van der Waals surface area contributed by atoms with E-state index in [0.29, 0.717) is 5.92 Å². The maximum atomic E-state index is 4.75. The molecule has 0 bridgehead atoms. The number of nitrogens with one attached hydrogen (secondary N) is 1. The van der Waals surface area contributed by atoms with Crippen molar-refractivity contribution < 1.29 is 0 Å². The molecule has 0 amide bonds. The zero-order chi connectivity index (χ0) is 14.7. The van der Waals surface area contributed by atoms with Crippen molar-refractivity contribution in [1.29, 1.82) is 0 Å². The maximum Gasteiger partial charge on any atom is 0.131 e. The normalized spacial score (nSPS) is 14.8. The van der Waals surface area contributed by atoms with Gasteiger partial charge in [-0.2, -0.15) is 0 Å². The van der Waals surface area contributed by atoms with E-state index in [-0.39, 0.29) is 0 Å². The number of aryl methyl sites for hydroxylation is 1. The van der Waals surface area contributed by atoms with E-state index in [1.54, 1.807) is 0 Å². The second-order valence-corrected chi connectivity index (χ2v) is 5.65. The molecule has 0 saturated heterocycles. The van der Waals surface area contributed by atoms with Crippen LogP contribution in [0.1, 0.15) is 50.4 Å². The van der Waals surface area contributed by atoms with E-state index >= 15 is 0 Å². The Morgan fingerprint density at radius 2 is 1.95 bits per heavy atom. The summed E-state index contributed by atoms with van der Waals surface area (Å²) in [5, 5.41) is 3.32. The van der Waals surface area contributed by atoms with E-state index in [1.165, 1.54) is 30.4 Å². The van der Waals surface area contributed by atoms with Crippen LogP contribution in [0, 0.1) is 0 Å². The van der Waals surface area contributed by atoms with Crippen LogP contribution in [-0.4, -0.2) is 16.5 Å². The minimum atomic E-state index is 0.712. The lowest BCUT2D eigenvalue weighted by atomic mass is 9.78. The average molecular weight is 281 g/mol. The Morgan fingerprint density at radius 1 is 1.14 bits per heavy atom. The number of benzene rings is 1. The molecule has 1 saturated carbocycles. The third-order valence-corrected chi connectivity index (χ3v) is 4.23. The van der Waals surface area contributed by atoms with Crippen LogP contribution in [0.3, 0.4) is 0 Å². The molecule has 3 nitrogen and oxygen atoms in total. The van der Waals surface area contributed by atoms with Gasteiger partial charge in [0.25, 0.3) is 0 Å². The van der Waals surface area contributed by atoms with Gasteiger partial charge in [-0.15, -0.1) is 0 Å². The Bertz CT molecular complexity index is 618. The Morgan fingerprint density at radius 3 is 2.62 bits per heavy atom. The zero-order valence-electron chi connectivity index (χ0n) is 12.9. The van der Waals surface area contributed by atoms with Gasteiger partial charge in [-0.05, 0) is 31.2 Å². The number of aromatic nitrogens is 2. The molecule has 0 aliphatic heterocycles. The van der Waals surface area contributed by atoms with Gasteiger partial charge >= 0.3 is 0 Å². The van der Waals surface area contributed by atoms with Crippen LogP contribution in [0.15, 0.2) is 30.3 Å². The fourth-order valence-corrected chi connectivity index (χ4v) is 2.87. The number of nitrogens with zero attached hydrogens (tertiary/aromatic N) is 2. The predicted molar refractivity (Wildman–Crippen MR) is 87.6 cm³/mol. The smallest absolute Gasteiger partial charge is 0.131 e. The summed E-state index contributed by atoms with van der Waals surface area (Å²) in [6.07, 6.45) is 4.83. The third-order valence-electron chi connectivity index (χ3n) is 4.23. The van der Waals surface area contributed by atoms with Crippen molar-refractivity contribution in [2.45, 2.75) is 45.4 Å².